The van der Waals surface area contributed by atoms with Gasteiger partial charge < -0.3 is 9.84 Å². The second-order valence-corrected chi connectivity index (χ2v) is 4.33. The first-order chi connectivity index (χ1) is 5.88. The van der Waals surface area contributed by atoms with Crippen molar-refractivity contribution >= 4 is 5.97 Å². The molecule has 0 fully saturated rings. The first-order valence-electron chi connectivity index (χ1n) is 4.70. The Morgan fingerprint density at radius 1 is 1.46 bits per heavy atom. The zero-order chi connectivity index (χ0) is 10.5. The number of carbonyl (C=O) groups excluding carboxylic acids is 1. The van der Waals surface area contributed by atoms with Crippen LogP contribution in [0.3, 0.4) is 0 Å². The fourth-order valence-corrected chi connectivity index (χ4v) is 0.797. The maximum Gasteiger partial charge on any atom is 0.311 e. The van der Waals surface area contributed by atoms with Crippen LogP contribution in [0.2, 0.25) is 0 Å². The van der Waals surface area contributed by atoms with Gasteiger partial charge in [-0.05, 0) is 40.5 Å². The van der Waals surface area contributed by atoms with E-state index in [9.17, 15) is 4.79 Å². The van der Waals surface area contributed by atoms with Crippen molar-refractivity contribution in [1.29, 1.82) is 0 Å². The lowest BCUT2D eigenvalue weighted by Crippen LogP contribution is -2.27. The quantitative estimate of drug-likeness (QED) is 0.683. The summed E-state index contributed by atoms with van der Waals surface area (Å²) >= 11 is 0. The number of carbonyl (C=O) groups is 1. The number of aliphatic hydroxyl groups is 1. The normalized spacial score (nSPS) is 13.9. The number of ether oxygens (including phenoxy) is 1. The molecule has 0 saturated heterocycles. The van der Waals surface area contributed by atoms with Crippen LogP contribution in [0.4, 0.5) is 0 Å². The maximum absolute atomic E-state index is 11.4. The van der Waals surface area contributed by atoms with Crippen LogP contribution in [0.25, 0.3) is 0 Å². The van der Waals surface area contributed by atoms with Crippen LogP contribution in [-0.2, 0) is 9.53 Å². The summed E-state index contributed by atoms with van der Waals surface area (Å²) in [6.45, 7) is 7.48. The molecule has 0 rings (SSSR count). The van der Waals surface area contributed by atoms with Gasteiger partial charge in [0.15, 0.2) is 0 Å². The summed E-state index contributed by atoms with van der Waals surface area (Å²) < 4.78 is 5.17. The van der Waals surface area contributed by atoms with Crippen molar-refractivity contribution in [2.75, 3.05) is 6.61 Å². The molecule has 1 unspecified atom stereocenters. The zero-order valence-electron chi connectivity index (χ0n) is 8.96. The summed E-state index contributed by atoms with van der Waals surface area (Å²) in [7, 11) is 0. The molecule has 3 heteroatoms. The molecule has 78 valence electrons. The minimum atomic E-state index is -0.437. The Morgan fingerprint density at radius 2 is 2.00 bits per heavy atom. The molecule has 0 spiro atoms. The molecule has 1 N–H and O–H groups in total. The van der Waals surface area contributed by atoms with Gasteiger partial charge in [0.1, 0.15) is 0 Å². The van der Waals surface area contributed by atoms with Crippen LogP contribution in [-0.4, -0.2) is 23.8 Å². The molecular formula is C10H20O3. The Bertz CT molecular complexity index is 158. The Hall–Kier alpha value is -0.570. The van der Waals surface area contributed by atoms with E-state index in [1.165, 1.54) is 0 Å². The fraction of sp³-hybridized carbons (Fsp3) is 0.900. The molecule has 3 nitrogen and oxygen atoms in total. The third kappa shape index (κ3) is 5.64. The van der Waals surface area contributed by atoms with E-state index >= 15 is 0 Å². The molecule has 1 atom stereocenters. The lowest BCUT2D eigenvalue weighted by molar-refractivity contribution is -0.158. The first kappa shape index (κ1) is 12.4. The second-order valence-electron chi connectivity index (χ2n) is 4.33. The third-order valence-electron chi connectivity index (χ3n) is 1.69. The predicted molar refractivity (Wildman–Crippen MR) is 51.3 cm³/mol. The van der Waals surface area contributed by atoms with Crippen LogP contribution >= 0.6 is 0 Å². The molecule has 0 saturated carbocycles. The first-order valence-corrected chi connectivity index (χ1v) is 4.70. The molecule has 0 amide bonds. The lowest BCUT2D eigenvalue weighted by Gasteiger charge is -2.20. The van der Waals surface area contributed by atoms with Crippen molar-refractivity contribution in [2.24, 2.45) is 5.41 Å². The average Bonchev–Trinajstić information content (AvgIpc) is 1.99. The van der Waals surface area contributed by atoms with Gasteiger partial charge in [-0.15, -0.1) is 0 Å². The van der Waals surface area contributed by atoms with Crippen molar-refractivity contribution in [3.05, 3.63) is 0 Å². The Balaban J connectivity index is 3.79. The maximum atomic E-state index is 11.4. The lowest BCUT2D eigenvalue weighted by atomic mass is 9.97. The minimum Gasteiger partial charge on any atom is -0.462 e. The average molecular weight is 188 g/mol. The van der Waals surface area contributed by atoms with Crippen molar-refractivity contribution in [2.45, 2.75) is 46.6 Å². The summed E-state index contributed by atoms with van der Waals surface area (Å²) in [6.07, 6.45) is 1.30. The molecule has 13 heavy (non-hydrogen) atoms. The molecule has 0 aliphatic heterocycles. The Morgan fingerprint density at radius 3 is 2.38 bits per heavy atom. The van der Waals surface area contributed by atoms with E-state index < -0.39 is 5.41 Å². The van der Waals surface area contributed by atoms with Crippen molar-refractivity contribution in [3.63, 3.8) is 0 Å². The predicted octanol–water partition coefficient (Wildman–Crippen LogP) is 1.74. The van der Waals surface area contributed by atoms with Crippen LogP contribution in [0.1, 0.15) is 40.5 Å². The van der Waals surface area contributed by atoms with Gasteiger partial charge in [0, 0.05) is 6.61 Å². The molecule has 0 aliphatic rings. The van der Waals surface area contributed by atoms with Gasteiger partial charge in [0.25, 0.3) is 0 Å². The van der Waals surface area contributed by atoms with Crippen molar-refractivity contribution in [3.8, 4) is 0 Å². The van der Waals surface area contributed by atoms with Gasteiger partial charge in [-0.1, -0.05) is 0 Å². The zero-order valence-corrected chi connectivity index (χ0v) is 8.96. The standard InChI is InChI=1S/C10H20O3/c1-8(6-5-7-11)13-9(12)10(2,3)4/h8,11H,5-7H2,1-4H3. The monoisotopic (exact) mass is 188 g/mol. The molecule has 0 aromatic rings. The number of aliphatic hydroxyl groups excluding tert-OH is 1. The van der Waals surface area contributed by atoms with E-state index in [0.717, 1.165) is 6.42 Å². The third-order valence-corrected chi connectivity index (χ3v) is 1.69. The highest BCUT2D eigenvalue weighted by molar-refractivity contribution is 5.75. The summed E-state index contributed by atoms with van der Waals surface area (Å²) in [5.74, 6) is -0.182. The molecule has 0 heterocycles. The highest BCUT2D eigenvalue weighted by atomic mass is 16.5. The minimum absolute atomic E-state index is 0.0983. The van der Waals surface area contributed by atoms with E-state index in [1.54, 1.807) is 0 Å². The molecular weight excluding hydrogens is 168 g/mol. The summed E-state index contributed by atoms with van der Waals surface area (Å²) in [4.78, 5) is 11.4. The summed E-state index contributed by atoms with van der Waals surface area (Å²) in [6, 6.07) is 0. The van der Waals surface area contributed by atoms with Gasteiger partial charge in [-0.25, -0.2) is 0 Å². The topological polar surface area (TPSA) is 46.5 Å². The largest absolute Gasteiger partial charge is 0.462 e. The Labute approximate surface area is 80.1 Å². The van der Waals surface area contributed by atoms with E-state index in [1.807, 2.05) is 27.7 Å². The van der Waals surface area contributed by atoms with E-state index in [0.29, 0.717) is 6.42 Å². The van der Waals surface area contributed by atoms with Gasteiger partial charge in [0.2, 0.25) is 0 Å². The van der Waals surface area contributed by atoms with E-state index in [4.69, 9.17) is 9.84 Å². The van der Waals surface area contributed by atoms with Crippen molar-refractivity contribution < 1.29 is 14.6 Å². The fourth-order valence-electron chi connectivity index (χ4n) is 0.797. The number of hydrogen-bond donors (Lipinski definition) is 1. The van der Waals surface area contributed by atoms with Gasteiger partial charge in [-0.2, -0.15) is 0 Å². The Kier molecular flexibility index (Phi) is 4.99. The van der Waals surface area contributed by atoms with E-state index in [-0.39, 0.29) is 18.7 Å². The number of hydrogen-bond acceptors (Lipinski definition) is 3. The molecule has 0 radical (unpaired) electrons. The van der Waals surface area contributed by atoms with Crippen LogP contribution in [0.15, 0.2) is 0 Å². The molecule has 0 bridgehead atoms. The van der Waals surface area contributed by atoms with E-state index in [2.05, 4.69) is 0 Å². The summed E-state index contributed by atoms with van der Waals surface area (Å²) in [5.41, 5.74) is -0.437. The summed E-state index contributed by atoms with van der Waals surface area (Å²) in [5, 5.41) is 8.57. The molecule has 0 aliphatic carbocycles. The number of rotatable bonds is 4. The highest BCUT2D eigenvalue weighted by Gasteiger charge is 2.24. The number of esters is 1. The highest BCUT2D eigenvalue weighted by Crippen LogP contribution is 2.17. The molecule has 0 aromatic carbocycles. The van der Waals surface area contributed by atoms with Crippen LogP contribution in [0.5, 0.6) is 0 Å². The smallest absolute Gasteiger partial charge is 0.311 e. The van der Waals surface area contributed by atoms with Gasteiger partial charge in [-0.3, -0.25) is 4.79 Å². The molecule has 0 aromatic heterocycles. The van der Waals surface area contributed by atoms with Gasteiger partial charge >= 0.3 is 5.97 Å². The SMILES string of the molecule is CC(CCCO)OC(=O)C(C)(C)C. The van der Waals surface area contributed by atoms with Gasteiger partial charge in [0.05, 0.1) is 11.5 Å². The van der Waals surface area contributed by atoms with Crippen LogP contribution < -0.4 is 0 Å². The second kappa shape index (κ2) is 5.22. The van der Waals surface area contributed by atoms with Crippen molar-refractivity contribution in [1.82, 2.24) is 0 Å². The van der Waals surface area contributed by atoms with Crippen LogP contribution in [0, 0.1) is 5.41 Å².